The van der Waals surface area contributed by atoms with Crippen molar-refractivity contribution in [1.82, 2.24) is 20.0 Å². The fraction of sp³-hybridized carbons (Fsp3) is 0.529. The van der Waals surface area contributed by atoms with Crippen molar-refractivity contribution in [2.75, 3.05) is 32.1 Å². The number of β-amino-alcohol motifs (C(OH)–C–C–N with tert-alkyl or cyclic N) is 1. The topological polar surface area (TPSA) is 95.6 Å². The molecule has 2 aromatic rings. The molecule has 2 aromatic heterocycles. The Morgan fingerprint density at radius 3 is 2.96 bits per heavy atom. The lowest BCUT2D eigenvalue weighted by atomic mass is 9.89. The van der Waals surface area contributed by atoms with Crippen LogP contribution in [0.5, 0.6) is 0 Å². The molecule has 8 heteroatoms. The lowest BCUT2D eigenvalue weighted by Gasteiger charge is -2.38. The summed E-state index contributed by atoms with van der Waals surface area (Å²) in [4.78, 5) is 24.7. The Morgan fingerprint density at radius 2 is 2.28 bits per heavy atom. The lowest BCUT2D eigenvalue weighted by molar-refractivity contribution is -0.0288. The van der Waals surface area contributed by atoms with Crippen LogP contribution < -0.4 is 4.90 Å². The van der Waals surface area contributed by atoms with Crippen molar-refractivity contribution in [3.8, 4) is 0 Å². The third-order valence-corrected chi connectivity index (χ3v) is 4.37. The zero-order chi connectivity index (χ0) is 18.0. The van der Waals surface area contributed by atoms with E-state index in [4.69, 9.17) is 4.52 Å². The van der Waals surface area contributed by atoms with Crippen LogP contribution in [0, 0.1) is 6.92 Å². The van der Waals surface area contributed by atoms with Crippen molar-refractivity contribution in [1.29, 1.82) is 0 Å². The molecular formula is C17H23N5O3. The molecule has 0 aromatic carbocycles. The number of hydrogen-bond donors (Lipinski definition) is 1. The lowest BCUT2D eigenvalue weighted by Crippen LogP contribution is -2.51. The smallest absolute Gasteiger partial charge is 0.272 e. The van der Waals surface area contributed by atoms with Crippen LogP contribution in [0.3, 0.4) is 0 Å². The van der Waals surface area contributed by atoms with Crippen molar-refractivity contribution < 1.29 is 14.4 Å². The fourth-order valence-electron chi connectivity index (χ4n) is 3.10. The third-order valence-electron chi connectivity index (χ3n) is 4.37. The van der Waals surface area contributed by atoms with Gasteiger partial charge in [0.05, 0.1) is 18.6 Å². The Kier molecular flexibility index (Phi) is 4.71. The van der Waals surface area contributed by atoms with Gasteiger partial charge in [-0.15, -0.1) is 0 Å². The van der Waals surface area contributed by atoms with E-state index in [2.05, 4.69) is 15.1 Å². The molecule has 25 heavy (non-hydrogen) atoms. The average Bonchev–Trinajstić information content (AvgIpc) is 2.98. The molecule has 1 aliphatic rings. The number of piperidine rings is 1. The maximum atomic E-state index is 12.8. The minimum Gasteiger partial charge on any atom is -0.388 e. The highest BCUT2D eigenvalue weighted by Gasteiger charge is 2.37. The molecule has 1 amide bonds. The van der Waals surface area contributed by atoms with Gasteiger partial charge in [-0.1, -0.05) is 5.16 Å². The Balaban J connectivity index is 1.74. The maximum Gasteiger partial charge on any atom is 0.272 e. The van der Waals surface area contributed by atoms with E-state index >= 15 is 0 Å². The van der Waals surface area contributed by atoms with Crippen LogP contribution in [0.25, 0.3) is 0 Å². The van der Waals surface area contributed by atoms with Crippen LogP contribution in [0.15, 0.2) is 22.9 Å². The van der Waals surface area contributed by atoms with Gasteiger partial charge in [-0.25, -0.2) is 0 Å². The number of pyridine rings is 1. The SMILES string of the molecule is Cc1noc(CC2(O)CCCN(C(=O)c3cc(N(C)C)ccn3)C2)n1. The van der Waals surface area contributed by atoms with Crippen LogP contribution in [0.2, 0.25) is 0 Å². The highest BCUT2D eigenvalue weighted by atomic mass is 16.5. The number of aryl methyl sites for hydroxylation is 1. The van der Waals surface area contributed by atoms with Crippen LogP contribution in [-0.4, -0.2) is 63.8 Å². The molecule has 1 aliphatic heterocycles. The van der Waals surface area contributed by atoms with Gasteiger partial charge in [0.2, 0.25) is 5.89 Å². The molecule has 1 fully saturated rings. The molecule has 134 valence electrons. The van der Waals surface area contributed by atoms with Crippen molar-refractivity contribution in [2.45, 2.75) is 31.8 Å². The number of aliphatic hydroxyl groups is 1. The van der Waals surface area contributed by atoms with E-state index in [1.165, 1.54) is 0 Å². The average molecular weight is 345 g/mol. The first-order valence-corrected chi connectivity index (χ1v) is 8.30. The van der Waals surface area contributed by atoms with E-state index in [1.54, 1.807) is 24.1 Å². The molecule has 0 radical (unpaired) electrons. The van der Waals surface area contributed by atoms with E-state index in [-0.39, 0.29) is 18.9 Å². The predicted octanol–water partition coefficient (Wildman–Crippen LogP) is 1.05. The third kappa shape index (κ3) is 3.96. The Bertz CT molecular complexity index is 760. The highest BCUT2D eigenvalue weighted by Crippen LogP contribution is 2.26. The normalized spacial score (nSPS) is 20.6. The first-order chi connectivity index (χ1) is 11.9. The zero-order valence-electron chi connectivity index (χ0n) is 14.8. The van der Waals surface area contributed by atoms with Crippen molar-refractivity contribution in [3.63, 3.8) is 0 Å². The minimum atomic E-state index is -1.06. The quantitative estimate of drug-likeness (QED) is 0.885. The first-order valence-electron chi connectivity index (χ1n) is 8.30. The van der Waals surface area contributed by atoms with E-state index in [0.29, 0.717) is 36.8 Å². The second-order valence-electron chi connectivity index (χ2n) is 6.76. The van der Waals surface area contributed by atoms with Crippen LogP contribution in [0.1, 0.15) is 35.0 Å². The Hall–Kier alpha value is -2.48. The monoisotopic (exact) mass is 345 g/mol. The standard InChI is InChI=1S/C17H23N5O3/c1-12-19-15(25-20-12)10-17(24)6-4-8-22(11-17)16(23)14-9-13(21(2)3)5-7-18-14/h5,7,9,24H,4,6,8,10-11H2,1-3H3. The highest BCUT2D eigenvalue weighted by molar-refractivity contribution is 5.93. The molecular weight excluding hydrogens is 322 g/mol. The minimum absolute atomic E-state index is 0.177. The molecule has 0 aliphatic carbocycles. The number of likely N-dealkylation sites (tertiary alicyclic amines) is 1. The number of anilines is 1. The molecule has 1 N–H and O–H groups in total. The van der Waals surface area contributed by atoms with Gasteiger partial charge in [0.25, 0.3) is 5.91 Å². The summed E-state index contributed by atoms with van der Waals surface area (Å²) in [5.41, 5.74) is 0.225. The number of rotatable bonds is 4. The predicted molar refractivity (Wildman–Crippen MR) is 91.4 cm³/mol. The second kappa shape index (κ2) is 6.79. The van der Waals surface area contributed by atoms with Gasteiger partial charge >= 0.3 is 0 Å². The summed E-state index contributed by atoms with van der Waals surface area (Å²) < 4.78 is 5.11. The number of aromatic nitrogens is 3. The number of nitrogens with zero attached hydrogens (tertiary/aromatic N) is 5. The van der Waals surface area contributed by atoms with Gasteiger partial charge in [0.15, 0.2) is 5.82 Å². The fourth-order valence-corrected chi connectivity index (χ4v) is 3.10. The summed E-state index contributed by atoms with van der Waals surface area (Å²) in [6.07, 6.45) is 3.16. The summed E-state index contributed by atoms with van der Waals surface area (Å²) in [5, 5.41) is 14.6. The van der Waals surface area contributed by atoms with Gasteiger partial charge in [-0.3, -0.25) is 9.78 Å². The zero-order valence-corrected chi connectivity index (χ0v) is 14.8. The molecule has 0 saturated carbocycles. The number of hydrogen-bond acceptors (Lipinski definition) is 7. The second-order valence-corrected chi connectivity index (χ2v) is 6.76. The molecule has 1 saturated heterocycles. The molecule has 0 spiro atoms. The molecule has 8 nitrogen and oxygen atoms in total. The first kappa shape index (κ1) is 17.3. The van der Waals surface area contributed by atoms with E-state index in [0.717, 1.165) is 5.69 Å². The summed E-state index contributed by atoms with van der Waals surface area (Å²) >= 11 is 0. The molecule has 1 unspecified atom stereocenters. The van der Waals surface area contributed by atoms with Crippen molar-refractivity contribution >= 4 is 11.6 Å². The van der Waals surface area contributed by atoms with Crippen LogP contribution in [0.4, 0.5) is 5.69 Å². The Labute approximate surface area is 146 Å². The number of amides is 1. The maximum absolute atomic E-state index is 12.8. The van der Waals surface area contributed by atoms with Gasteiger partial charge in [0.1, 0.15) is 5.69 Å². The number of carbonyl (C=O) groups is 1. The van der Waals surface area contributed by atoms with Crippen molar-refractivity contribution in [2.24, 2.45) is 0 Å². The summed E-state index contributed by atoms with van der Waals surface area (Å²) in [5.74, 6) is 0.748. The molecule has 3 heterocycles. The summed E-state index contributed by atoms with van der Waals surface area (Å²) in [7, 11) is 3.82. The van der Waals surface area contributed by atoms with Gasteiger partial charge in [-0.2, -0.15) is 4.98 Å². The van der Waals surface area contributed by atoms with Crippen LogP contribution >= 0.6 is 0 Å². The summed E-state index contributed by atoms with van der Waals surface area (Å²) in [6.45, 7) is 2.55. The van der Waals surface area contributed by atoms with Crippen molar-refractivity contribution in [3.05, 3.63) is 35.7 Å². The molecule has 0 bridgehead atoms. The van der Waals surface area contributed by atoms with E-state index in [9.17, 15) is 9.90 Å². The molecule has 3 rings (SSSR count). The Morgan fingerprint density at radius 1 is 1.48 bits per heavy atom. The largest absolute Gasteiger partial charge is 0.388 e. The molecule has 1 atom stereocenters. The van der Waals surface area contributed by atoms with Gasteiger partial charge in [-0.05, 0) is 31.9 Å². The number of carbonyl (C=O) groups excluding carboxylic acids is 1. The summed E-state index contributed by atoms with van der Waals surface area (Å²) in [6, 6.07) is 3.61. The van der Waals surface area contributed by atoms with Gasteiger partial charge < -0.3 is 19.4 Å². The van der Waals surface area contributed by atoms with E-state index < -0.39 is 5.60 Å². The van der Waals surface area contributed by atoms with E-state index in [1.807, 2.05) is 25.1 Å². The van der Waals surface area contributed by atoms with Gasteiger partial charge in [0, 0.05) is 32.5 Å². The van der Waals surface area contributed by atoms with Crippen LogP contribution in [-0.2, 0) is 6.42 Å².